The van der Waals surface area contributed by atoms with Gasteiger partial charge in [0, 0.05) is 16.5 Å². The van der Waals surface area contributed by atoms with Crippen LogP contribution >= 0.6 is 23.1 Å². The molecule has 2 aliphatic rings. The van der Waals surface area contributed by atoms with E-state index in [1.54, 1.807) is 48.5 Å². The Bertz CT molecular complexity index is 1690. The van der Waals surface area contributed by atoms with Crippen LogP contribution in [0.15, 0.2) is 82.6 Å². The fraction of sp³-hybridized carbons (Fsp3) is 0.172. The van der Waals surface area contributed by atoms with Crippen molar-refractivity contribution < 1.29 is 28.2 Å². The molecule has 1 saturated heterocycles. The van der Waals surface area contributed by atoms with Gasteiger partial charge < -0.3 is 19.8 Å². The number of hydrogen-bond acceptors (Lipinski definition) is 8. The zero-order valence-corrected chi connectivity index (χ0v) is 23.1. The third kappa shape index (κ3) is 5.11. The summed E-state index contributed by atoms with van der Waals surface area (Å²) < 4.78 is 23.9. The lowest BCUT2D eigenvalue weighted by molar-refractivity contribution is -0.122. The number of halogens is 1. The highest BCUT2D eigenvalue weighted by atomic mass is 32.2. The fourth-order valence-corrected chi connectivity index (χ4v) is 7.53. The van der Waals surface area contributed by atoms with Crippen molar-refractivity contribution in [3.63, 3.8) is 0 Å². The zero-order valence-electron chi connectivity index (χ0n) is 21.5. The number of anilines is 2. The molecule has 0 spiro atoms. The number of carbonyl (C=O) groups excluding carboxylic acids is 3. The molecule has 12 heteroatoms. The molecule has 2 N–H and O–H groups in total. The van der Waals surface area contributed by atoms with Gasteiger partial charge in [0.2, 0.25) is 11.8 Å². The maximum atomic E-state index is 13.8. The second-order valence-electron chi connectivity index (χ2n) is 9.37. The van der Waals surface area contributed by atoms with Gasteiger partial charge in [0.25, 0.3) is 5.91 Å². The highest BCUT2D eigenvalue weighted by Gasteiger charge is 2.56. The van der Waals surface area contributed by atoms with Crippen molar-refractivity contribution in [1.29, 1.82) is 0 Å². The van der Waals surface area contributed by atoms with Gasteiger partial charge in [-0.1, -0.05) is 35.2 Å². The second-order valence-corrected chi connectivity index (χ2v) is 11.5. The molecule has 2 aliphatic heterocycles. The molecular weight excluding hydrogens is 569 g/mol. The van der Waals surface area contributed by atoms with Crippen LogP contribution in [0.1, 0.15) is 16.4 Å². The maximum Gasteiger partial charge on any atom is 0.305 e. The van der Waals surface area contributed by atoms with E-state index in [0.717, 1.165) is 16.9 Å². The quantitative estimate of drug-likeness (QED) is 0.306. The largest absolute Gasteiger partial charge is 0.497 e. The van der Waals surface area contributed by atoms with Crippen molar-refractivity contribution in [3.05, 3.63) is 98.7 Å². The van der Waals surface area contributed by atoms with E-state index in [-0.39, 0.29) is 23.3 Å². The monoisotopic (exact) mass is 591 g/mol. The number of nitrogens with zero attached hydrogens (tertiary/aromatic N) is 1. The highest BCUT2D eigenvalue weighted by Crippen LogP contribution is 2.53. The average Bonchev–Trinajstić information content (AvgIpc) is 3.47. The third-order valence-electron chi connectivity index (χ3n) is 6.89. The number of thiazole rings is 1. The van der Waals surface area contributed by atoms with Crippen molar-refractivity contribution in [1.82, 2.24) is 4.98 Å². The number of H-pyrrole nitrogens is 1. The molecular formula is C29H22FN3O6S2. The molecule has 1 aromatic heterocycles. The minimum atomic E-state index is -0.721. The van der Waals surface area contributed by atoms with Crippen LogP contribution in [0, 0.1) is 11.7 Å². The van der Waals surface area contributed by atoms with E-state index in [2.05, 4.69) is 10.3 Å². The minimum absolute atomic E-state index is 0.258. The smallest absolute Gasteiger partial charge is 0.305 e. The van der Waals surface area contributed by atoms with Gasteiger partial charge >= 0.3 is 4.87 Å². The lowest BCUT2D eigenvalue weighted by atomic mass is 9.83. The lowest BCUT2D eigenvalue weighted by Gasteiger charge is -2.29. The molecule has 3 amide bonds. The van der Waals surface area contributed by atoms with Gasteiger partial charge in [0.05, 0.1) is 23.7 Å². The Hall–Kier alpha value is -4.42. The van der Waals surface area contributed by atoms with E-state index in [4.69, 9.17) is 9.47 Å². The van der Waals surface area contributed by atoms with E-state index in [1.807, 2.05) is 0 Å². The molecule has 3 aromatic carbocycles. The van der Waals surface area contributed by atoms with Crippen molar-refractivity contribution >= 4 is 52.2 Å². The van der Waals surface area contributed by atoms with E-state index in [0.29, 0.717) is 32.8 Å². The Morgan fingerprint density at radius 2 is 1.63 bits per heavy atom. The van der Waals surface area contributed by atoms with Crippen LogP contribution in [0.5, 0.6) is 11.5 Å². The van der Waals surface area contributed by atoms with Crippen LogP contribution in [-0.4, -0.2) is 41.7 Å². The van der Waals surface area contributed by atoms with Gasteiger partial charge in [0.15, 0.2) is 6.61 Å². The van der Waals surface area contributed by atoms with Crippen LogP contribution in [0.3, 0.4) is 0 Å². The van der Waals surface area contributed by atoms with Gasteiger partial charge in [-0.15, -0.1) is 0 Å². The van der Waals surface area contributed by atoms with Gasteiger partial charge in [-0.25, -0.2) is 9.29 Å². The molecule has 0 bridgehead atoms. The number of carbonyl (C=O) groups is 3. The zero-order chi connectivity index (χ0) is 28.7. The SMILES string of the molecule is COc1ccc(N2C(=O)[C@H]3[C@H](c4ccc(OCC(=O)Nc5ccc(F)cc5)cc4)c4sc(=O)[nH]c4S[C@H]3C2=O)cc1. The van der Waals surface area contributed by atoms with Gasteiger partial charge in [-0.05, 0) is 66.2 Å². The summed E-state index contributed by atoms with van der Waals surface area (Å²) in [4.78, 5) is 56.4. The van der Waals surface area contributed by atoms with Crippen LogP contribution in [-0.2, 0) is 14.4 Å². The summed E-state index contributed by atoms with van der Waals surface area (Å²) in [5, 5.41) is 2.50. The second kappa shape index (κ2) is 10.9. The molecule has 41 heavy (non-hydrogen) atoms. The predicted octanol–water partition coefficient (Wildman–Crippen LogP) is 4.40. The molecule has 4 aromatic rings. The minimum Gasteiger partial charge on any atom is -0.497 e. The number of benzene rings is 3. The number of amides is 3. The van der Waals surface area contributed by atoms with Gasteiger partial charge in [0.1, 0.15) is 22.6 Å². The first-order valence-electron chi connectivity index (χ1n) is 12.5. The van der Waals surface area contributed by atoms with Crippen molar-refractivity contribution in [2.24, 2.45) is 5.92 Å². The number of hydrogen-bond donors (Lipinski definition) is 2. The molecule has 9 nitrogen and oxygen atoms in total. The predicted molar refractivity (Wildman–Crippen MR) is 152 cm³/mol. The lowest BCUT2D eigenvalue weighted by Crippen LogP contribution is -2.32. The Labute approximate surface area is 241 Å². The Morgan fingerprint density at radius 1 is 0.951 bits per heavy atom. The van der Waals surface area contributed by atoms with Crippen molar-refractivity contribution in [3.8, 4) is 11.5 Å². The number of ether oxygens (including phenoxy) is 2. The van der Waals surface area contributed by atoms with E-state index in [1.165, 1.54) is 48.0 Å². The first-order valence-corrected chi connectivity index (χ1v) is 14.2. The molecule has 6 rings (SSSR count). The number of methoxy groups -OCH3 is 1. The number of thioether (sulfide) groups is 1. The number of fused-ring (bicyclic) bond motifs is 2. The molecule has 0 aliphatic carbocycles. The first kappa shape index (κ1) is 26.8. The van der Waals surface area contributed by atoms with Crippen LogP contribution in [0.4, 0.5) is 15.8 Å². The summed E-state index contributed by atoms with van der Waals surface area (Å²) in [6.45, 7) is -0.269. The van der Waals surface area contributed by atoms with Crippen LogP contribution in [0.25, 0.3) is 0 Å². The molecule has 0 unspecified atom stereocenters. The Balaban J connectivity index is 1.23. The normalized spacial score (nSPS) is 19.5. The summed E-state index contributed by atoms with van der Waals surface area (Å²) in [6.07, 6.45) is 0. The number of rotatable bonds is 7. The number of nitrogens with one attached hydrogen (secondary N) is 2. The molecule has 208 valence electrons. The highest BCUT2D eigenvalue weighted by molar-refractivity contribution is 8.00. The molecule has 3 atom stereocenters. The molecule has 1 fully saturated rings. The topological polar surface area (TPSA) is 118 Å². The first-order chi connectivity index (χ1) is 19.8. The number of aromatic amines is 1. The summed E-state index contributed by atoms with van der Waals surface area (Å²) in [5.41, 5.74) is 1.63. The van der Waals surface area contributed by atoms with Gasteiger partial charge in [-0.3, -0.25) is 19.2 Å². The van der Waals surface area contributed by atoms with Crippen LogP contribution < -0.4 is 24.6 Å². The Kier molecular flexibility index (Phi) is 7.10. The maximum absolute atomic E-state index is 13.8. The standard InChI is InChI=1S/C29H22FN3O6S2/c1-38-19-12-8-18(9-13-19)33-27(35)23-22(24-26(32-29(37)41-24)40-25(23)28(33)36)15-2-10-20(11-3-15)39-14-21(34)31-17-6-4-16(30)5-7-17/h2-13,22-23,25H,14H2,1H3,(H,31,34)(H,32,37)/t22-,23-,25+/m0/s1. The average molecular weight is 592 g/mol. The van der Waals surface area contributed by atoms with Crippen molar-refractivity contribution in [2.45, 2.75) is 16.2 Å². The third-order valence-corrected chi connectivity index (χ3v) is 9.29. The van der Waals surface area contributed by atoms with Crippen LogP contribution in [0.2, 0.25) is 0 Å². The fourth-order valence-electron chi connectivity index (χ4n) is 5.01. The summed E-state index contributed by atoms with van der Waals surface area (Å²) in [6, 6.07) is 19.0. The van der Waals surface area contributed by atoms with Crippen molar-refractivity contribution in [2.75, 3.05) is 23.9 Å². The molecule has 3 heterocycles. The molecule has 0 saturated carbocycles. The molecule has 0 radical (unpaired) electrons. The van der Waals surface area contributed by atoms with E-state index < -0.39 is 28.8 Å². The van der Waals surface area contributed by atoms with E-state index >= 15 is 0 Å². The Morgan fingerprint density at radius 3 is 2.32 bits per heavy atom. The summed E-state index contributed by atoms with van der Waals surface area (Å²) in [5.74, 6) is -1.73. The number of aromatic nitrogens is 1. The summed E-state index contributed by atoms with van der Waals surface area (Å²) in [7, 11) is 1.54. The van der Waals surface area contributed by atoms with E-state index in [9.17, 15) is 23.6 Å². The number of imide groups is 1. The summed E-state index contributed by atoms with van der Waals surface area (Å²) >= 11 is 2.24. The van der Waals surface area contributed by atoms with Gasteiger partial charge in [-0.2, -0.15) is 0 Å².